The molecule has 0 radical (unpaired) electrons. The van der Waals surface area contributed by atoms with Crippen molar-refractivity contribution in [3.63, 3.8) is 0 Å². The predicted molar refractivity (Wildman–Crippen MR) is 94.5 cm³/mol. The Labute approximate surface area is 148 Å². The van der Waals surface area contributed by atoms with Gasteiger partial charge in [-0.1, -0.05) is 6.92 Å². The van der Waals surface area contributed by atoms with Crippen LogP contribution in [0.1, 0.15) is 25.3 Å². The first-order valence-electron chi connectivity index (χ1n) is 8.38. The van der Waals surface area contributed by atoms with Gasteiger partial charge in [0.1, 0.15) is 11.5 Å². The molecular formula is C19H25NO5. The fraction of sp³-hybridized carbons (Fsp3) is 0.474. The second kappa shape index (κ2) is 9.11. The highest BCUT2D eigenvalue weighted by molar-refractivity contribution is 5.89. The van der Waals surface area contributed by atoms with Crippen molar-refractivity contribution < 1.29 is 23.8 Å². The van der Waals surface area contributed by atoms with Crippen molar-refractivity contribution in [1.82, 2.24) is 4.90 Å². The summed E-state index contributed by atoms with van der Waals surface area (Å²) >= 11 is 0. The number of esters is 1. The molecule has 136 valence electrons. The van der Waals surface area contributed by atoms with Crippen molar-refractivity contribution in [1.29, 1.82) is 0 Å². The van der Waals surface area contributed by atoms with E-state index >= 15 is 0 Å². The molecule has 6 heteroatoms. The van der Waals surface area contributed by atoms with Crippen molar-refractivity contribution in [2.45, 2.75) is 19.8 Å². The van der Waals surface area contributed by atoms with E-state index in [2.05, 4.69) is 6.92 Å². The summed E-state index contributed by atoms with van der Waals surface area (Å²) in [6.07, 6.45) is 4.85. The molecule has 1 saturated heterocycles. The zero-order valence-electron chi connectivity index (χ0n) is 15.0. The monoisotopic (exact) mass is 347 g/mol. The number of amides is 1. The summed E-state index contributed by atoms with van der Waals surface area (Å²) in [6, 6.07) is 5.28. The molecule has 6 nitrogen and oxygen atoms in total. The third-order valence-corrected chi connectivity index (χ3v) is 4.31. The highest BCUT2D eigenvalue weighted by Gasteiger charge is 2.20. The zero-order valence-corrected chi connectivity index (χ0v) is 15.0. The highest BCUT2D eigenvalue weighted by atomic mass is 16.5. The smallest absolute Gasteiger partial charge is 0.331 e. The zero-order chi connectivity index (χ0) is 18.2. The number of carbonyl (C=O) groups excluding carboxylic acids is 2. The fourth-order valence-corrected chi connectivity index (χ4v) is 2.66. The van der Waals surface area contributed by atoms with Crippen molar-refractivity contribution in [2.75, 3.05) is 33.9 Å². The van der Waals surface area contributed by atoms with Crippen LogP contribution in [0.15, 0.2) is 24.3 Å². The van der Waals surface area contributed by atoms with E-state index in [0.29, 0.717) is 23.0 Å². The van der Waals surface area contributed by atoms with Crippen LogP contribution in [-0.4, -0.2) is 50.7 Å². The third kappa shape index (κ3) is 5.52. The number of benzene rings is 1. The quantitative estimate of drug-likeness (QED) is 0.584. The Morgan fingerprint density at radius 3 is 2.56 bits per heavy atom. The van der Waals surface area contributed by atoms with Crippen LogP contribution in [-0.2, 0) is 14.3 Å². The van der Waals surface area contributed by atoms with Gasteiger partial charge >= 0.3 is 5.97 Å². The largest absolute Gasteiger partial charge is 0.497 e. The van der Waals surface area contributed by atoms with Crippen LogP contribution in [0.3, 0.4) is 0 Å². The van der Waals surface area contributed by atoms with E-state index < -0.39 is 5.97 Å². The van der Waals surface area contributed by atoms with Gasteiger partial charge in [0.2, 0.25) is 0 Å². The third-order valence-electron chi connectivity index (χ3n) is 4.31. The van der Waals surface area contributed by atoms with Gasteiger partial charge in [-0.25, -0.2) is 4.79 Å². The number of nitrogens with zero attached hydrogens (tertiary/aromatic N) is 1. The van der Waals surface area contributed by atoms with E-state index in [4.69, 9.17) is 14.2 Å². The van der Waals surface area contributed by atoms with Crippen LogP contribution in [0.5, 0.6) is 11.5 Å². The number of ether oxygens (including phenoxy) is 3. The number of methoxy groups -OCH3 is 2. The highest BCUT2D eigenvalue weighted by Crippen LogP contribution is 2.25. The topological polar surface area (TPSA) is 65.1 Å². The van der Waals surface area contributed by atoms with Crippen LogP contribution in [0.25, 0.3) is 6.08 Å². The van der Waals surface area contributed by atoms with Crippen LogP contribution in [0.2, 0.25) is 0 Å². The van der Waals surface area contributed by atoms with Gasteiger partial charge in [-0.05, 0) is 43.0 Å². The summed E-state index contributed by atoms with van der Waals surface area (Å²) < 4.78 is 15.4. The summed E-state index contributed by atoms with van der Waals surface area (Å²) in [5, 5.41) is 0. The van der Waals surface area contributed by atoms with Gasteiger partial charge in [0.15, 0.2) is 6.61 Å². The maximum Gasteiger partial charge on any atom is 0.331 e. The molecule has 1 aromatic rings. The molecule has 1 aromatic carbocycles. The molecule has 0 N–H and O–H groups in total. The lowest BCUT2D eigenvalue weighted by molar-refractivity contribution is -0.148. The molecule has 0 bridgehead atoms. The summed E-state index contributed by atoms with van der Waals surface area (Å²) in [5.41, 5.74) is 0.690. The standard InChI is InChI=1S/C19H25NO5/c1-14-8-10-20(11-9-14)18(21)13-25-19(22)7-4-15-12-16(23-2)5-6-17(15)24-3/h4-7,12,14H,8-11,13H2,1-3H3. The minimum Gasteiger partial charge on any atom is -0.497 e. The molecule has 1 aliphatic heterocycles. The van der Waals surface area contributed by atoms with Gasteiger partial charge in [-0.15, -0.1) is 0 Å². The molecule has 0 aliphatic carbocycles. The van der Waals surface area contributed by atoms with Crippen LogP contribution >= 0.6 is 0 Å². The van der Waals surface area contributed by atoms with Gasteiger partial charge < -0.3 is 19.1 Å². The van der Waals surface area contributed by atoms with Gasteiger partial charge in [0.05, 0.1) is 14.2 Å². The van der Waals surface area contributed by atoms with Gasteiger partial charge in [0, 0.05) is 24.7 Å². The Balaban J connectivity index is 1.87. The molecule has 2 rings (SSSR count). The number of piperidine rings is 1. The first-order valence-corrected chi connectivity index (χ1v) is 8.38. The molecule has 1 amide bonds. The van der Waals surface area contributed by atoms with E-state index in [1.165, 1.54) is 6.08 Å². The summed E-state index contributed by atoms with van der Waals surface area (Å²) in [7, 11) is 3.12. The molecule has 1 aliphatic rings. The number of carbonyl (C=O) groups is 2. The molecular weight excluding hydrogens is 322 g/mol. The van der Waals surface area contributed by atoms with Gasteiger partial charge in [-0.2, -0.15) is 0 Å². The number of rotatable bonds is 6. The second-order valence-electron chi connectivity index (χ2n) is 6.11. The lowest BCUT2D eigenvalue weighted by Gasteiger charge is -2.30. The maximum atomic E-state index is 12.1. The minimum absolute atomic E-state index is 0.146. The lowest BCUT2D eigenvalue weighted by Crippen LogP contribution is -2.40. The summed E-state index contributed by atoms with van der Waals surface area (Å²) in [5.74, 6) is 1.20. The predicted octanol–water partition coefficient (Wildman–Crippen LogP) is 2.52. The lowest BCUT2D eigenvalue weighted by atomic mass is 9.99. The van der Waals surface area contributed by atoms with E-state index in [1.807, 2.05) is 0 Å². The molecule has 0 atom stereocenters. The van der Waals surface area contributed by atoms with E-state index in [0.717, 1.165) is 25.9 Å². The fourth-order valence-electron chi connectivity index (χ4n) is 2.66. The SMILES string of the molecule is COc1ccc(OC)c(C=CC(=O)OCC(=O)N2CCC(C)CC2)c1. The molecule has 0 saturated carbocycles. The summed E-state index contributed by atoms with van der Waals surface area (Å²) in [4.78, 5) is 25.7. The van der Waals surface area contributed by atoms with Gasteiger partial charge in [0.25, 0.3) is 5.91 Å². The number of likely N-dealkylation sites (tertiary alicyclic amines) is 1. The molecule has 0 unspecified atom stereocenters. The molecule has 1 fully saturated rings. The van der Waals surface area contributed by atoms with Crippen LogP contribution in [0, 0.1) is 5.92 Å². The Morgan fingerprint density at radius 2 is 1.92 bits per heavy atom. The number of hydrogen-bond donors (Lipinski definition) is 0. The van der Waals surface area contributed by atoms with E-state index in [1.54, 1.807) is 43.4 Å². The summed E-state index contributed by atoms with van der Waals surface area (Å²) in [6.45, 7) is 3.41. The second-order valence-corrected chi connectivity index (χ2v) is 6.11. The average Bonchev–Trinajstić information content (AvgIpc) is 2.64. The van der Waals surface area contributed by atoms with Gasteiger partial charge in [-0.3, -0.25) is 4.79 Å². The maximum absolute atomic E-state index is 12.1. The van der Waals surface area contributed by atoms with E-state index in [9.17, 15) is 9.59 Å². The Hall–Kier alpha value is -2.50. The first kappa shape index (κ1) is 18.8. The van der Waals surface area contributed by atoms with Crippen molar-refractivity contribution in [3.8, 4) is 11.5 Å². The molecule has 1 heterocycles. The normalized spacial score (nSPS) is 15.2. The van der Waals surface area contributed by atoms with Crippen molar-refractivity contribution >= 4 is 18.0 Å². The van der Waals surface area contributed by atoms with Crippen LogP contribution in [0.4, 0.5) is 0 Å². The first-order chi connectivity index (χ1) is 12.0. The van der Waals surface area contributed by atoms with E-state index in [-0.39, 0.29) is 12.5 Å². The van der Waals surface area contributed by atoms with Crippen LogP contribution < -0.4 is 9.47 Å². The van der Waals surface area contributed by atoms with Crippen molar-refractivity contribution in [3.05, 3.63) is 29.8 Å². The molecule has 0 spiro atoms. The Kier molecular flexibility index (Phi) is 6.86. The molecule has 0 aromatic heterocycles. The Bertz CT molecular complexity index is 633. The molecule has 25 heavy (non-hydrogen) atoms. The Morgan fingerprint density at radius 1 is 1.20 bits per heavy atom. The minimum atomic E-state index is -0.566. The average molecular weight is 347 g/mol. The van der Waals surface area contributed by atoms with Crippen molar-refractivity contribution in [2.24, 2.45) is 5.92 Å². The number of hydrogen-bond acceptors (Lipinski definition) is 5.